The number of benzene rings is 10. The van der Waals surface area contributed by atoms with Crippen molar-refractivity contribution in [2.45, 2.75) is 0 Å². The Bertz CT molecular complexity index is 4290. The summed E-state index contributed by atoms with van der Waals surface area (Å²) in [6.07, 6.45) is 0. The third-order valence-corrected chi connectivity index (χ3v) is 14.1. The molecule has 10 nitrogen and oxygen atoms in total. The van der Waals surface area contributed by atoms with E-state index < -0.39 is 11.6 Å². The predicted molar refractivity (Wildman–Crippen MR) is 315 cm³/mol. The highest BCUT2D eigenvalue weighted by atomic mass is 19.2. The van der Waals surface area contributed by atoms with Gasteiger partial charge in [-0.15, -0.1) is 0 Å². The molecule has 0 bridgehead atoms. The second kappa shape index (κ2) is 20.7. The first-order valence-corrected chi connectivity index (χ1v) is 26.2. The van der Waals surface area contributed by atoms with Crippen LogP contribution in [0.2, 0.25) is 0 Å². The average molecular weight is 1050 g/mol. The molecular weight excluding hydrogens is 1010 g/mol. The zero-order valence-corrected chi connectivity index (χ0v) is 43.0. The van der Waals surface area contributed by atoms with Gasteiger partial charge in [-0.2, -0.15) is 0 Å². The maximum absolute atomic E-state index is 15.5. The summed E-state index contributed by atoms with van der Waals surface area (Å²) in [7, 11) is 0. The molecule has 14 rings (SSSR count). The average Bonchev–Trinajstić information content (AvgIpc) is 4.07. The smallest absolute Gasteiger partial charge is 0.164 e. The van der Waals surface area contributed by atoms with Crippen molar-refractivity contribution in [1.82, 2.24) is 49.4 Å². The highest BCUT2D eigenvalue weighted by molar-refractivity contribution is 6.12. The van der Waals surface area contributed by atoms with Crippen molar-refractivity contribution in [3.8, 4) is 119 Å². The van der Waals surface area contributed by atoms with Gasteiger partial charge in [-0.25, -0.2) is 53.6 Å². The molecule has 4 aromatic heterocycles. The molecule has 0 N–H and O–H groups in total. The van der Waals surface area contributed by atoms with Gasteiger partial charge in [0.15, 0.2) is 64.1 Å². The number of hydrogen-bond acceptors (Lipinski definition) is 9. The lowest BCUT2D eigenvalue weighted by molar-refractivity contribution is 0.509. The van der Waals surface area contributed by atoms with Crippen LogP contribution < -0.4 is 0 Å². The van der Waals surface area contributed by atoms with Crippen molar-refractivity contribution in [3.05, 3.63) is 266 Å². The van der Waals surface area contributed by atoms with Crippen molar-refractivity contribution in [3.63, 3.8) is 0 Å². The number of fused-ring (bicyclic) bond motifs is 3. The van der Waals surface area contributed by atoms with Gasteiger partial charge in [-0.1, -0.05) is 200 Å². The molecule has 0 amide bonds. The normalized spacial score (nSPS) is 11.3. The molecule has 0 radical (unpaired) electrons. The summed E-state index contributed by atoms with van der Waals surface area (Å²) in [6, 6.07) is 81.1. The van der Waals surface area contributed by atoms with Crippen molar-refractivity contribution >= 4 is 21.8 Å². The Balaban J connectivity index is 1.04. The lowest BCUT2D eigenvalue weighted by Crippen LogP contribution is -2.03. The molecule has 0 unspecified atom stereocenters. The number of aromatic nitrogens is 10. The van der Waals surface area contributed by atoms with Crippen LogP contribution in [0.3, 0.4) is 0 Å². The van der Waals surface area contributed by atoms with Crippen LogP contribution in [0, 0.1) is 11.6 Å². The van der Waals surface area contributed by atoms with Crippen LogP contribution in [-0.4, -0.2) is 49.4 Å². The Hall–Kier alpha value is -11.1. The highest BCUT2D eigenvalue weighted by Crippen LogP contribution is 2.42. The fourth-order valence-corrected chi connectivity index (χ4v) is 10.1. The Morgan fingerprint density at radius 3 is 0.802 bits per heavy atom. The molecule has 14 aromatic rings. The molecule has 0 saturated carbocycles. The minimum Gasteiger partial charge on any atom is -0.309 e. The zero-order chi connectivity index (χ0) is 54.2. The second-order valence-corrected chi connectivity index (χ2v) is 19.3. The molecule has 0 atom stereocenters. The fourth-order valence-electron chi connectivity index (χ4n) is 10.1. The quantitative estimate of drug-likeness (QED) is 0.125. The molecule has 0 saturated heterocycles. The van der Waals surface area contributed by atoms with E-state index in [4.69, 9.17) is 44.9 Å². The first-order valence-electron chi connectivity index (χ1n) is 26.2. The fraction of sp³-hybridized carbons (Fsp3) is 0. The number of hydrogen-bond donors (Lipinski definition) is 0. The molecule has 0 fully saturated rings. The molecule has 81 heavy (non-hydrogen) atoms. The minimum atomic E-state index is -0.972. The molecule has 382 valence electrons. The van der Waals surface area contributed by atoms with Crippen molar-refractivity contribution in [1.29, 1.82) is 0 Å². The molecule has 0 spiro atoms. The first-order chi connectivity index (χ1) is 39.9. The van der Waals surface area contributed by atoms with Crippen LogP contribution in [0.5, 0.6) is 0 Å². The lowest BCUT2D eigenvalue weighted by Gasteiger charge is -2.17. The standard InChI is InChI=1S/C69H42F2N10/c70-56-36-32-49(41-57(56)71)53-35-31-52(69-79-65(47-27-15-5-16-28-47)74-66(80-69)48-29-17-6-18-30-48)42-60(53)81-58-37-33-50(67-75-61(43-19-7-1-8-20-43)72-62(76-67)44-21-9-2-10-22-44)39-54(58)55-40-51(34-38-59(55)81)68-77-63(45-23-11-3-12-24-45)73-64(78-68)46-25-13-4-14-26-46/h1-42H. The van der Waals surface area contributed by atoms with E-state index in [1.807, 2.05) is 224 Å². The lowest BCUT2D eigenvalue weighted by atomic mass is 10.00. The van der Waals surface area contributed by atoms with Gasteiger partial charge >= 0.3 is 0 Å². The highest BCUT2D eigenvalue weighted by Gasteiger charge is 2.23. The summed E-state index contributed by atoms with van der Waals surface area (Å²) in [4.78, 5) is 45.6. The van der Waals surface area contributed by atoms with Gasteiger partial charge in [0.2, 0.25) is 0 Å². The Labute approximate surface area is 463 Å². The summed E-state index contributed by atoms with van der Waals surface area (Å²) < 4.78 is 32.5. The van der Waals surface area contributed by atoms with Gasteiger partial charge in [-0.05, 0) is 60.2 Å². The summed E-state index contributed by atoms with van der Waals surface area (Å²) in [5.41, 5.74) is 10.5. The van der Waals surface area contributed by atoms with Gasteiger partial charge in [0.25, 0.3) is 0 Å². The van der Waals surface area contributed by atoms with E-state index >= 15 is 4.39 Å². The number of rotatable bonds is 11. The molecule has 4 heterocycles. The monoisotopic (exact) mass is 1050 g/mol. The van der Waals surface area contributed by atoms with Crippen LogP contribution in [0.25, 0.3) is 141 Å². The molecule has 0 aliphatic heterocycles. The maximum Gasteiger partial charge on any atom is 0.164 e. The Morgan fingerprint density at radius 1 is 0.222 bits per heavy atom. The number of nitrogens with zero attached hydrogens (tertiary/aromatic N) is 10. The summed E-state index contributed by atoms with van der Waals surface area (Å²) in [6.45, 7) is 0. The van der Waals surface area contributed by atoms with Crippen LogP contribution in [0.1, 0.15) is 0 Å². The van der Waals surface area contributed by atoms with Crippen molar-refractivity contribution in [2.24, 2.45) is 0 Å². The van der Waals surface area contributed by atoms with Gasteiger partial charge in [-0.3, -0.25) is 0 Å². The molecule has 12 heteroatoms. The SMILES string of the molecule is Fc1ccc(-c2ccc(-c3nc(-c4ccccc4)nc(-c4ccccc4)n3)cc2-n2c3ccc(-c4nc(-c5ccccc5)nc(-c5ccccc5)n4)cc3c3cc(-c4nc(-c5ccccc5)nc(-c5ccccc5)n4)ccc32)cc1F. The van der Waals surface area contributed by atoms with E-state index in [0.717, 1.165) is 72.4 Å². The van der Waals surface area contributed by atoms with Crippen LogP contribution >= 0.6 is 0 Å². The second-order valence-electron chi connectivity index (χ2n) is 19.3. The van der Waals surface area contributed by atoms with E-state index in [2.05, 4.69) is 16.7 Å². The molecule has 10 aromatic carbocycles. The third kappa shape index (κ3) is 9.42. The van der Waals surface area contributed by atoms with E-state index in [1.54, 1.807) is 6.07 Å². The summed E-state index contributed by atoms with van der Waals surface area (Å²) in [5.74, 6) is 2.55. The van der Waals surface area contributed by atoms with E-state index in [9.17, 15) is 4.39 Å². The van der Waals surface area contributed by atoms with E-state index in [-0.39, 0.29) is 0 Å². The van der Waals surface area contributed by atoms with Gasteiger partial charge < -0.3 is 4.57 Å². The van der Waals surface area contributed by atoms with E-state index in [0.29, 0.717) is 74.8 Å². The van der Waals surface area contributed by atoms with Crippen molar-refractivity contribution < 1.29 is 8.78 Å². The zero-order valence-electron chi connectivity index (χ0n) is 43.0. The topological polar surface area (TPSA) is 121 Å². The molecular formula is C69H42F2N10. The van der Waals surface area contributed by atoms with Gasteiger partial charge in [0, 0.05) is 66.4 Å². The van der Waals surface area contributed by atoms with Gasteiger partial charge in [0.1, 0.15) is 0 Å². The Morgan fingerprint density at radius 2 is 0.494 bits per heavy atom. The first kappa shape index (κ1) is 48.3. The third-order valence-electron chi connectivity index (χ3n) is 14.1. The van der Waals surface area contributed by atoms with Crippen LogP contribution in [-0.2, 0) is 0 Å². The molecule has 0 aliphatic rings. The molecule has 0 aliphatic carbocycles. The Kier molecular flexibility index (Phi) is 12.3. The van der Waals surface area contributed by atoms with Gasteiger partial charge in [0.05, 0.1) is 16.7 Å². The van der Waals surface area contributed by atoms with Crippen LogP contribution in [0.15, 0.2) is 255 Å². The number of halogens is 2. The van der Waals surface area contributed by atoms with E-state index in [1.165, 1.54) is 6.07 Å². The maximum atomic E-state index is 15.5. The predicted octanol–water partition coefficient (Wildman–Crippen LogP) is 16.3. The largest absolute Gasteiger partial charge is 0.309 e. The van der Waals surface area contributed by atoms with Crippen LogP contribution in [0.4, 0.5) is 8.78 Å². The summed E-state index contributed by atoms with van der Waals surface area (Å²) in [5, 5.41) is 1.68. The van der Waals surface area contributed by atoms with Crippen molar-refractivity contribution in [2.75, 3.05) is 0 Å². The minimum absolute atomic E-state index is 0.419. The summed E-state index contributed by atoms with van der Waals surface area (Å²) >= 11 is 0.